The monoisotopic (exact) mass is 550 g/mol. The Labute approximate surface area is 240 Å². The number of hydrogen-bond acceptors (Lipinski definition) is 4. The van der Waals surface area contributed by atoms with Crippen molar-refractivity contribution in [1.82, 2.24) is 19.9 Å². The molecule has 8 bridgehead atoms. The molecule has 2 aliphatic heterocycles. The summed E-state index contributed by atoms with van der Waals surface area (Å²) >= 11 is 0. The lowest BCUT2D eigenvalue weighted by Gasteiger charge is -2.04. The van der Waals surface area contributed by atoms with Gasteiger partial charge in [-0.15, -0.1) is 0 Å². The largest absolute Gasteiger partial charge is 0.481 e. The summed E-state index contributed by atoms with van der Waals surface area (Å²) in [7, 11) is 0. The summed E-state index contributed by atoms with van der Waals surface area (Å²) in [4.78, 5) is 40.3. The molecule has 0 amide bonds. The standard InChI is InChI=1S/C34H38N4O3/c1-7-22-18(3)26-14-27-21(6)25(11-12-34(40)41)33(37-27)17-32-24(10-9-13-39)20(5)29(38-32)16-31-23(8-2)19(4)28(36-31)15-30(22)35-26/h13-17,35-36H,7-12H2,1-6H3,(H,40,41). The highest BCUT2D eigenvalue weighted by atomic mass is 16.4. The molecule has 0 aromatic carbocycles. The molecule has 0 saturated heterocycles. The second kappa shape index (κ2) is 11.3. The first kappa shape index (κ1) is 28.3. The van der Waals surface area contributed by atoms with Gasteiger partial charge < -0.3 is 19.9 Å². The highest BCUT2D eigenvalue weighted by Gasteiger charge is 2.22. The van der Waals surface area contributed by atoms with Crippen LogP contribution >= 0.6 is 0 Å². The van der Waals surface area contributed by atoms with Gasteiger partial charge in [-0.25, -0.2) is 9.97 Å². The number of carbonyl (C=O) groups excluding carboxylic acids is 1. The summed E-state index contributed by atoms with van der Waals surface area (Å²) in [6.07, 6.45) is 4.09. The maximum absolute atomic E-state index is 11.5. The average Bonchev–Trinajstić information content (AvgIpc) is 3.59. The van der Waals surface area contributed by atoms with Crippen molar-refractivity contribution in [2.45, 2.75) is 80.1 Å². The van der Waals surface area contributed by atoms with Gasteiger partial charge in [0, 0.05) is 34.9 Å². The maximum atomic E-state index is 11.5. The van der Waals surface area contributed by atoms with Gasteiger partial charge in [-0.2, -0.15) is 0 Å². The molecule has 3 aromatic heterocycles. The molecule has 7 heteroatoms. The molecule has 5 heterocycles. The molecule has 41 heavy (non-hydrogen) atoms. The lowest BCUT2D eigenvalue weighted by atomic mass is 9.98. The fourth-order valence-electron chi connectivity index (χ4n) is 6.19. The normalized spacial score (nSPS) is 13.3. The Kier molecular flexibility index (Phi) is 7.80. The van der Waals surface area contributed by atoms with Crippen LogP contribution in [0.1, 0.15) is 98.4 Å². The number of carbonyl (C=O) groups is 2. The number of nitrogens with zero attached hydrogens (tertiary/aromatic N) is 2. The lowest BCUT2D eigenvalue weighted by molar-refractivity contribution is -0.136. The Morgan fingerprint density at radius 3 is 1.73 bits per heavy atom. The van der Waals surface area contributed by atoms with Crippen LogP contribution in [-0.2, 0) is 22.4 Å². The van der Waals surface area contributed by atoms with Crippen LogP contribution in [0.2, 0.25) is 0 Å². The molecule has 7 nitrogen and oxygen atoms in total. The van der Waals surface area contributed by atoms with Gasteiger partial charge in [0.2, 0.25) is 0 Å². The summed E-state index contributed by atoms with van der Waals surface area (Å²) in [5.74, 6) is -0.841. The number of aldehydes is 1. The Bertz CT molecular complexity index is 1800. The number of fused-ring (bicyclic) bond motifs is 8. The van der Waals surface area contributed by atoms with Crippen molar-refractivity contribution in [1.29, 1.82) is 0 Å². The number of carboxylic acid groups (broad SMARTS) is 1. The van der Waals surface area contributed by atoms with Crippen LogP contribution in [0, 0.1) is 13.8 Å². The van der Waals surface area contributed by atoms with Crippen LogP contribution in [0.5, 0.6) is 0 Å². The van der Waals surface area contributed by atoms with Crippen molar-refractivity contribution in [3.05, 3.63) is 69.3 Å². The predicted molar refractivity (Wildman–Crippen MR) is 166 cm³/mol. The third-order valence-corrected chi connectivity index (χ3v) is 8.61. The number of aromatic amines is 2. The Morgan fingerprint density at radius 1 is 0.732 bits per heavy atom. The van der Waals surface area contributed by atoms with E-state index in [1.807, 2.05) is 13.0 Å². The van der Waals surface area contributed by atoms with Gasteiger partial charge in [0.1, 0.15) is 6.29 Å². The van der Waals surface area contributed by atoms with Crippen molar-refractivity contribution < 1.29 is 14.7 Å². The summed E-state index contributed by atoms with van der Waals surface area (Å²) in [5.41, 5.74) is 16.3. The zero-order chi connectivity index (χ0) is 29.4. The first-order valence-electron chi connectivity index (χ1n) is 14.5. The minimum Gasteiger partial charge on any atom is -0.481 e. The van der Waals surface area contributed by atoms with Gasteiger partial charge in [0.05, 0.1) is 22.8 Å². The SMILES string of the molecule is CCc1c(C)c2cc3[nH]c(cc4nc(cc5nc(cc1[nH]2)C(C)=C5CCC=O)C(CCC(=O)O)=C4C)c(C)c3CC. The Hall–Kier alpha value is -4.26. The molecule has 2 aliphatic rings. The van der Waals surface area contributed by atoms with E-state index in [2.05, 4.69) is 62.8 Å². The fourth-order valence-corrected chi connectivity index (χ4v) is 6.19. The molecule has 0 spiro atoms. The van der Waals surface area contributed by atoms with Crippen LogP contribution in [0.15, 0.2) is 24.3 Å². The van der Waals surface area contributed by atoms with Gasteiger partial charge in [-0.05, 0) is 122 Å². The van der Waals surface area contributed by atoms with Crippen LogP contribution in [-0.4, -0.2) is 37.3 Å². The molecule has 0 aliphatic carbocycles. The number of rotatable bonds is 8. The number of hydrogen-bond donors (Lipinski definition) is 3. The van der Waals surface area contributed by atoms with Gasteiger partial charge in [-0.1, -0.05) is 13.8 Å². The molecule has 0 fully saturated rings. The molecule has 212 valence electrons. The predicted octanol–water partition coefficient (Wildman–Crippen LogP) is 7.76. The maximum Gasteiger partial charge on any atom is 0.303 e. The Morgan fingerprint density at radius 2 is 1.22 bits per heavy atom. The van der Waals surface area contributed by atoms with Crippen LogP contribution in [0.3, 0.4) is 0 Å². The molecule has 0 atom stereocenters. The summed E-state index contributed by atoms with van der Waals surface area (Å²) in [6, 6.07) is 8.37. The fraction of sp³-hybridized carbons (Fsp3) is 0.353. The van der Waals surface area contributed by atoms with E-state index in [-0.39, 0.29) is 6.42 Å². The number of H-pyrrole nitrogens is 2. The van der Waals surface area contributed by atoms with Crippen LogP contribution < -0.4 is 0 Å². The molecular formula is C34H38N4O3. The molecule has 3 aromatic rings. The zero-order valence-electron chi connectivity index (χ0n) is 24.8. The van der Waals surface area contributed by atoms with Crippen LogP contribution in [0.25, 0.3) is 44.4 Å². The van der Waals surface area contributed by atoms with Gasteiger partial charge in [0.25, 0.3) is 0 Å². The van der Waals surface area contributed by atoms with E-state index < -0.39 is 5.97 Å². The van der Waals surface area contributed by atoms with Crippen molar-refractivity contribution in [2.75, 3.05) is 0 Å². The van der Waals surface area contributed by atoms with E-state index in [4.69, 9.17) is 9.97 Å². The Balaban J connectivity index is 1.93. The van der Waals surface area contributed by atoms with Crippen molar-refractivity contribution in [2.24, 2.45) is 0 Å². The van der Waals surface area contributed by atoms with E-state index in [0.717, 1.165) is 86.3 Å². The molecule has 0 unspecified atom stereocenters. The third-order valence-electron chi connectivity index (χ3n) is 8.61. The molecule has 3 N–H and O–H groups in total. The third kappa shape index (κ3) is 5.17. The second-order valence-electron chi connectivity index (χ2n) is 11.0. The smallest absolute Gasteiger partial charge is 0.303 e. The van der Waals surface area contributed by atoms with E-state index in [9.17, 15) is 14.7 Å². The van der Waals surface area contributed by atoms with Crippen molar-refractivity contribution in [3.63, 3.8) is 0 Å². The minimum atomic E-state index is -0.841. The molecule has 0 radical (unpaired) electrons. The van der Waals surface area contributed by atoms with Crippen molar-refractivity contribution >= 4 is 56.6 Å². The molecule has 5 rings (SSSR count). The summed E-state index contributed by atoms with van der Waals surface area (Å²) in [5, 5.41) is 9.46. The minimum absolute atomic E-state index is 0.0199. The first-order valence-corrected chi connectivity index (χ1v) is 14.5. The van der Waals surface area contributed by atoms with Crippen LogP contribution in [0.4, 0.5) is 0 Å². The van der Waals surface area contributed by atoms with E-state index >= 15 is 0 Å². The lowest BCUT2D eigenvalue weighted by Crippen LogP contribution is -1.95. The van der Waals surface area contributed by atoms with E-state index in [0.29, 0.717) is 19.3 Å². The van der Waals surface area contributed by atoms with Gasteiger partial charge in [0.15, 0.2) is 0 Å². The van der Waals surface area contributed by atoms with Gasteiger partial charge in [-0.3, -0.25) is 4.79 Å². The number of carboxylic acids is 1. The zero-order valence-corrected chi connectivity index (χ0v) is 24.8. The number of aromatic nitrogens is 4. The molecular weight excluding hydrogens is 512 g/mol. The quantitative estimate of drug-likeness (QED) is 0.248. The summed E-state index contributed by atoms with van der Waals surface area (Å²) < 4.78 is 0. The highest BCUT2D eigenvalue weighted by molar-refractivity contribution is 5.96. The summed E-state index contributed by atoms with van der Waals surface area (Å²) in [6.45, 7) is 12.7. The topological polar surface area (TPSA) is 112 Å². The average molecular weight is 551 g/mol. The van der Waals surface area contributed by atoms with Crippen molar-refractivity contribution in [3.8, 4) is 0 Å². The highest BCUT2D eigenvalue weighted by Crippen LogP contribution is 2.38. The van der Waals surface area contributed by atoms with Gasteiger partial charge >= 0.3 is 5.97 Å². The number of aliphatic carboxylic acids is 1. The molecule has 0 saturated carbocycles. The number of nitrogens with one attached hydrogen (secondary N) is 2. The number of allylic oxidation sites excluding steroid dienone is 4. The van der Waals surface area contributed by atoms with E-state index in [1.54, 1.807) is 0 Å². The first-order chi connectivity index (χ1) is 19.7. The van der Waals surface area contributed by atoms with E-state index in [1.165, 1.54) is 22.3 Å². The second-order valence-corrected chi connectivity index (χ2v) is 11.0. The number of aryl methyl sites for hydroxylation is 4.